The summed E-state index contributed by atoms with van der Waals surface area (Å²) in [5.74, 6) is 1.28. The van der Waals surface area contributed by atoms with Crippen molar-refractivity contribution in [2.75, 3.05) is 38.2 Å². The second kappa shape index (κ2) is 9.40. The Bertz CT molecular complexity index is 1320. The molecule has 0 spiro atoms. The summed E-state index contributed by atoms with van der Waals surface area (Å²) in [6.45, 7) is 2.93. The Morgan fingerprint density at radius 1 is 1.09 bits per heavy atom. The van der Waals surface area contributed by atoms with Crippen LogP contribution in [0.3, 0.4) is 0 Å². The summed E-state index contributed by atoms with van der Waals surface area (Å²) in [5.41, 5.74) is 3.12. The third-order valence-corrected chi connectivity index (χ3v) is 8.40. The molecule has 180 valence electrons. The summed E-state index contributed by atoms with van der Waals surface area (Å²) in [5, 5.41) is 3.79. The number of morpholine rings is 1. The SMILES string of the molecule is Cc1ccc(NC(=O)COc2ccc3oc4c(c3c2)CCCC4)cc1S(=O)(=O)N1CCOCC1. The van der Waals surface area contributed by atoms with Gasteiger partial charge < -0.3 is 19.2 Å². The predicted molar refractivity (Wildman–Crippen MR) is 128 cm³/mol. The van der Waals surface area contributed by atoms with Gasteiger partial charge in [0.05, 0.1) is 18.1 Å². The summed E-state index contributed by atoms with van der Waals surface area (Å²) in [4.78, 5) is 12.7. The average molecular weight is 485 g/mol. The molecule has 0 bridgehead atoms. The molecule has 9 heteroatoms. The van der Waals surface area contributed by atoms with E-state index < -0.39 is 10.0 Å². The summed E-state index contributed by atoms with van der Waals surface area (Å²) in [6, 6.07) is 10.5. The number of nitrogens with one attached hydrogen (secondary N) is 1. The molecule has 2 heterocycles. The molecule has 0 unspecified atom stereocenters. The number of sulfonamides is 1. The van der Waals surface area contributed by atoms with E-state index in [1.54, 1.807) is 25.1 Å². The van der Waals surface area contributed by atoms with Crippen LogP contribution in [0.15, 0.2) is 45.7 Å². The highest BCUT2D eigenvalue weighted by atomic mass is 32.2. The largest absolute Gasteiger partial charge is 0.484 e. The van der Waals surface area contributed by atoms with Gasteiger partial charge in [-0.2, -0.15) is 4.31 Å². The second-order valence-electron chi connectivity index (χ2n) is 8.70. The molecule has 34 heavy (non-hydrogen) atoms. The molecule has 1 fully saturated rings. The predicted octanol–water partition coefficient (Wildman–Crippen LogP) is 3.66. The molecule has 0 saturated carbocycles. The number of fused-ring (bicyclic) bond motifs is 3. The van der Waals surface area contributed by atoms with Crippen LogP contribution in [0.25, 0.3) is 11.0 Å². The fourth-order valence-electron chi connectivity index (χ4n) is 4.56. The fourth-order valence-corrected chi connectivity index (χ4v) is 6.22. The van der Waals surface area contributed by atoms with Crippen LogP contribution in [0.4, 0.5) is 5.69 Å². The number of carbonyl (C=O) groups is 1. The maximum Gasteiger partial charge on any atom is 0.262 e. The number of rotatable bonds is 6. The Morgan fingerprint density at radius 2 is 1.88 bits per heavy atom. The van der Waals surface area contributed by atoms with Crippen LogP contribution < -0.4 is 10.1 Å². The summed E-state index contributed by atoms with van der Waals surface area (Å²) >= 11 is 0. The monoisotopic (exact) mass is 484 g/mol. The van der Waals surface area contributed by atoms with Crippen molar-refractivity contribution in [2.45, 2.75) is 37.5 Å². The van der Waals surface area contributed by atoms with E-state index in [1.165, 1.54) is 15.9 Å². The number of carbonyl (C=O) groups excluding carboxylic acids is 1. The molecule has 1 aliphatic carbocycles. The van der Waals surface area contributed by atoms with Crippen molar-refractivity contribution < 1.29 is 27.1 Å². The van der Waals surface area contributed by atoms with E-state index in [1.807, 2.05) is 12.1 Å². The van der Waals surface area contributed by atoms with E-state index in [0.29, 0.717) is 43.3 Å². The van der Waals surface area contributed by atoms with Crippen LogP contribution in [0.2, 0.25) is 0 Å². The van der Waals surface area contributed by atoms with Crippen molar-refractivity contribution in [2.24, 2.45) is 0 Å². The Morgan fingerprint density at radius 3 is 2.71 bits per heavy atom. The standard InChI is InChI=1S/C25H28N2O6S/c1-17-6-7-18(14-24(17)34(29,30)27-10-12-31-13-11-27)26-25(28)16-32-19-8-9-23-21(15-19)20-4-2-3-5-22(20)33-23/h6-9,14-15H,2-5,10-13,16H2,1H3,(H,26,28). The maximum atomic E-state index is 13.1. The number of ether oxygens (including phenoxy) is 2. The minimum absolute atomic E-state index is 0.184. The molecule has 8 nitrogen and oxygen atoms in total. The average Bonchev–Trinajstić information content (AvgIpc) is 3.22. The number of hydrogen-bond donors (Lipinski definition) is 1. The third-order valence-electron chi connectivity index (χ3n) is 6.36. The highest BCUT2D eigenvalue weighted by Gasteiger charge is 2.28. The van der Waals surface area contributed by atoms with E-state index >= 15 is 0 Å². The first-order valence-electron chi connectivity index (χ1n) is 11.6. The summed E-state index contributed by atoms with van der Waals surface area (Å²) in [7, 11) is -3.67. The van der Waals surface area contributed by atoms with Gasteiger partial charge in [0.15, 0.2) is 6.61 Å². The molecular weight excluding hydrogens is 456 g/mol. The Labute approximate surface area is 198 Å². The second-order valence-corrected chi connectivity index (χ2v) is 10.6. The van der Waals surface area contributed by atoms with Crippen molar-refractivity contribution in [3.05, 3.63) is 53.3 Å². The molecule has 3 aromatic rings. The van der Waals surface area contributed by atoms with Crippen molar-refractivity contribution in [3.8, 4) is 5.75 Å². The number of anilines is 1. The van der Waals surface area contributed by atoms with Gasteiger partial charge in [-0.15, -0.1) is 0 Å². The molecule has 0 atom stereocenters. The first kappa shape index (κ1) is 22.9. The van der Waals surface area contributed by atoms with E-state index in [9.17, 15) is 13.2 Å². The lowest BCUT2D eigenvalue weighted by Gasteiger charge is -2.26. The highest BCUT2D eigenvalue weighted by Crippen LogP contribution is 2.34. The van der Waals surface area contributed by atoms with Gasteiger partial charge in [0.2, 0.25) is 10.0 Å². The Balaban J connectivity index is 1.26. The van der Waals surface area contributed by atoms with Crippen molar-refractivity contribution in [1.29, 1.82) is 0 Å². The van der Waals surface area contributed by atoms with Crippen LogP contribution >= 0.6 is 0 Å². The van der Waals surface area contributed by atoms with Gasteiger partial charge in [-0.1, -0.05) is 6.07 Å². The smallest absolute Gasteiger partial charge is 0.262 e. The van der Waals surface area contributed by atoms with E-state index in [0.717, 1.165) is 42.4 Å². The number of amides is 1. The highest BCUT2D eigenvalue weighted by molar-refractivity contribution is 7.89. The zero-order valence-electron chi connectivity index (χ0n) is 19.1. The molecule has 2 aromatic carbocycles. The topological polar surface area (TPSA) is 98.1 Å². The van der Waals surface area contributed by atoms with E-state index in [4.69, 9.17) is 13.9 Å². The van der Waals surface area contributed by atoms with Gasteiger partial charge in [0.1, 0.15) is 17.1 Å². The van der Waals surface area contributed by atoms with Crippen LogP contribution in [0.1, 0.15) is 29.7 Å². The van der Waals surface area contributed by atoms with Gasteiger partial charge in [0.25, 0.3) is 5.91 Å². The molecule has 2 aliphatic rings. The minimum atomic E-state index is -3.67. The van der Waals surface area contributed by atoms with E-state index in [-0.39, 0.29) is 17.4 Å². The van der Waals surface area contributed by atoms with Crippen molar-refractivity contribution >= 4 is 32.6 Å². The van der Waals surface area contributed by atoms with Gasteiger partial charge in [-0.05, 0) is 62.1 Å². The molecule has 1 aliphatic heterocycles. The number of hydrogen-bond acceptors (Lipinski definition) is 6. The Kier molecular flexibility index (Phi) is 6.33. The van der Waals surface area contributed by atoms with Gasteiger partial charge >= 0.3 is 0 Å². The minimum Gasteiger partial charge on any atom is -0.484 e. The number of nitrogens with zero attached hydrogens (tertiary/aromatic N) is 1. The Hall–Kier alpha value is -2.88. The van der Waals surface area contributed by atoms with Crippen molar-refractivity contribution in [3.63, 3.8) is 0 Å². The molecule has 5 rings (SSSR count). The molecule has 1 amide bonds. The van der Waals surface area contributed by atoms with Crippen LogP contribution in [-0.4, -0.2) is 51.5 Å². The first-order valence-corrected chi connectivity index (χ1v) is 13.0. The van der Waals surface area contributed by atoms with Crippen LogP contribution in [-0.2, 0) is 32.4 Å². The quantitative estimate of drug-likeness (QED) is 0.574. The lowest BCUT2D eigenvalue weighted by atomic mass is 9.96. The zero-order valence-corrected chi connectivity index (χ0v) is 19.9. The molecule has 1 aromatic heterocycles. The first-order chi connectivity index (χ1) is 16.4. The van der Waals surface area contributed by atoms with Crippen LogP contribution in [0.5, 0.6) is 5.75 Å². The molecular formula is C25H28N2O6S. The normalized spacial score (nSPS) is 16.9. The lowest BCUT2D eigenvalue weighted by molar-refractivity contribution is -0.118. The van der Waals surface area contributed by atoms with Gasteiger partial charge in [0, 0.05) is 36.1 Å². The number of benzene rings is 2. The number of aryl methyl sites for hydroxylation is 3. The maximum absolute atomic E-state index is 13.1. The third kappa shape index (κ3) is 4.55. The number of furan rings is 1. The zero-order chi connectivity index (χ0) is 23.7. The van der Waals surface area contributed by atoms with Gasteiger partial charge in [-0.25, -0.2) is 8.42 Å². The summed E-state index contributed by atoms with van der Waals surface area (Å²) < 4.78 is 44.5. The summed E-state index contributed by atoms with van der Waals surface area (Å²) in [6.07, 6.45) is 4.25. The molecule has 1 saturated heterocycles. The van der Waals surface area contributed by atoms with Crippen molar-refractivity contribution in [1.82, 2.24) is 4.31 Å². The molecule has 1 N–H and O–H groups in total. The van der Waals surface area contributed by atoms with Crippen LogP contribution in [0, 0.1) is 6.92 Å². The molecule has 0 radical (unpaired) electrons. The van der Waals surface area contributed by atoms with E-state index in [2.05, 4.69) is 5.32 Å². The van der Waals surface area contributed by atoms with Gasteiger partial charge in [-0.3, -0.25) is 4.79 Å². The fraction of sp³-hybridized carbons (Fsp3) is 0.400. The lowest BCUT2D eigenvalue weighted by Crippen LogP contribution is -2.40.